The van der Waals surface area contributed by atoms with E-state index in [0.29, 0.717) is 24.4 Å². The van der Waals surface area contributed by atoms with E-state index in [2.05, 4.69) is 9.97 Å². The number of methoxy groups -OCH3 is 1. The van der Waals surface area contributed by atoms with Crippen LogP contribution in [0.25, 0.3) is 11.0 Å². The molecule has 15 heavy (non-hydrogen) atoms. The molecule has 1 heterocycles. The van der Waals surface area contributed by atoms with Crippen LogP contribution >= 0.6 is 0 Å². The number of halogens is 2. The van der Waals surface area contributed by atoms with Crippen LogP contribution in [0.1, 0.15) is 5.82 Å². The zero-order valence-electron chi connectivity index (χ0n) is 8.18. The Kier molecular flexibility index (Phi) is 2.64. The molecular formula is C10H10F2N2O. The van der Waals surface area contributed by atoms with Crippen molar-refractivity contribution in [3.8, 4) is 0 Å². The van der Waals surface area contributed by atoms with E-state index < -0.39 is 11.6 Å². The van der Waals surface area contributed by atoms with E-state index in [-0.39, 0.29) is 5.52 Å². The molecule has 5 heteroatoms. The molecule has 1 aromatic heterocycles. The predicted molar refractivity (Wildman–Crippen MR) is 51.6 cm³/mol. The normalized spacial score (nSPS) is 11.1. The minimum Gasteiger partial charge on any atom is -0.384 e. The van der Waals surface area contributed by atoms with Crippen LogP contribution < -0.4 is 0 Å². The fourth-order valence-electron chi connectivity index (χ4n) is 1.39. The van der Waals surface area contributed by atoms with Crippen molar-refractivity contribution < 1.29 is 13.5 Å². The molecule has 0 spiro atoms. The lowest BCUT2D eigenvalue weighted by molar-refractivity contribution is 0.201. The average molecular weight is 212 g/mol. The summed E-state index contributed by atoms with van der Waals surface area (Å²) in [5.41, 5.74) is 0.543. The number of nitrogens with one attached hydrogen (secondary N) is 1. The van der Waals surface area contributed by atoms with Gasteiger partial charge in [-0.15, -0.1) is 0 Å². The number of imidazole rings is 1. The van der Waals surface area contributed by atoms with Crippen LogP contribution in [0.5, 0.6) is 0 Å². The molecule has 80 valence electrons. The zero-order valence-corrected chi connectivity index (χ0v) is 8.18. The number of H-pyrrole nitrogens is 1. The van der Waals surface area contributed by atoms with Crippen molar-refractivity contribution >= 4 is 11.0 Å². The molecule has 3 nitrogen and oxygen atoms in total. The number of ether oxygens (including phenoxy) is 1. The van der Waals surface area contributed by atoms with Crippen molar-refractivity contribution in [1.82, 2.24) is 9.97 Å². The van der Waals surface area contributed by atoms with Crippen molar-refractivity contribution in [3.63, 3.8) is 0 Å². The van der Waals surface area contributed by atoms with Gasteiger partial charge in [0.05, 0.1) is 12.1 Å². The highest BCUT2D eigenvalue weighted by Crippen LogP contribution is 2.18. The Morgan fingerprint density at radius 1 is 1.40 bits per heavy atom. The van der Waals surface area contributed by atoms with Gasteiger partial charge in [0.25, 0.3) is 0 Å². The summed E-state index contributed by atoms with van der Waals surface area (Å²) in [7, 11) is 1.57. The Bertz CT molecular complexity index is 481. The molecule has 0 aliphatic rings. The van der Waals surface area contributed by atoms with Gasteiger partial charge in [0.2, 0.25) is 0 Å². The van der Waals surface area contributed by atoms with E-state index in [1.807, 2.05) is 0 Å². The van der Waals surface area contributed by atoms with Crippen LogP contribution in [0.3, 0.4) is 0 Å². The molecule has 0 aliphatic carbocycles. The van der Waals surface area contributed by atoms with Crippen LogP contribution in [0.2, 0.25) is 0 Å². The molecule has 0 radical (unpaired) electrons. The van der Waals surface area contributed by atoms with Gasteiger partial charge >= 0.3 is 0 Å². The summed E-state index contributed by atoms with van der Waals surface area (Å²) in [4.78, 5) is 6.86. The Balaban J connectivity index is 2.42. The number of nitrogens with zero attached hydrogens (tertiary/aromatic N) is 1. The molecule has 0 amide bonds. The summed E-state index contributed by atoms with van der Waals surface area (Å²) in [6, 6.07) is 2.55. The van der Waals surface area contributed by atoms with Crippen LogP contribution in [0, 0.1) is 11.6 Å². The Hall–Kier alpha value is -1.49. The Morgan fingerprint density at radius 2 is 2.20 bits per heavy atom. The van der Waals surface area contributed by atoms with Gasteiger partial charge in [-0.1, -0.05) is 0 Å². The molecule has 0 saturated carbocycles. The monoisotopic (exact) mass is 212 g/mol. The first-order valence-corrected chi connectivity index (χ1v) is 4.54. The van der Waals surface area contributed by atoms with Crippen molar-refractivity contribution in [2.75, 3.05) is 13.7 Å². The van der Waals surface area contributed by atoms with Crippen molar-refractivity contribution in [2.24, 2.45) is 0 Å². The molecule has 0 atom stereocenters. The van der Waals surface area contributed by atoms with Gasteiger partial charge in [-0.05, 0) is 12.1 Å². The number of aromatic nitrogens is 2. The molecule has 0 aliphatic heterocycles. The van der Waals surface area contributed by atoms with Gasteiger partial charge < -0.3 is 9.72 Å². The molecule has 0 bridgehead atoms. The fraction of sp³-hybridized carbons (Fsp3) is 0.300. The van der Waals surface area contributed by atoms with Gasteiger partial charge in [0.15, 0.2) is 11.6 Å². The minimum absolute atomic E-state index is 0.0427. The standard InChI is InChI=1S/C10H10F2N2O/c1-15-5-4-8-13-7-3-2-6(11)9(12)10(7)14-8/h2-3H,4-5H2,1H3,(H,13,14). The number of aromatic amines is 1. The Labute approximate surface area is 85.1 Å². The third kappa shape index (κ3) is 1.83. The topological polar surface area (TPSA) is 37.9 Å². The lowest BCUT2D eigenvalue weighted by atomic mass is 10.3. The first-order valence-electron chi connectivity index (χ1n) is 4.54. The third-order valence-electron chi connectivity index (χ3n) is 2.14. The summed E-state index contributed by atoms with van der Waals surface area (Å²) >= 11 is 0. The quantitative estimate of drug-likeness (QED) is 0.845. The second-order valence-electron chi connectivity index (χ2n) is 3.18. The fourth-order valence-corrected chi connectivity index (χ4v) is 1.39. The van der Waals surface area contributed by atoms with Crippen LogP contribution in [-0.2, 0) is 11.2 Å². The predicted octanol–water partition coefficient (Wildman–Crippen LogP) is 2.03. The summed E-state index contributed by atoms with van der Waals surface area (Å²) in [6.45, 7) is 0.490. The highest BCUT2D eigenvalue weighted by atomic mass is 19.2. The third-order valence-corrected chi connectivity index (χ3v) is 2.14. The first kappa shape index (κ1) is 10.0. The first-order chi connectivity index (χ1) is 7.22. The maximum atomic E-state index is 13.2. The number of hydrogen-bond donors (Lipinski definition) is 1. The van der Waals surface area contributed by atoms with E-state index >= 15 is 0 Å². The van der Waals surface area contributed by atoms with Crippen molar-refractivity contribution in [2.45, 2.75) is 6.42 Å². The van der Waals surface area contributed by atoms with E-state index in [1.165, 1.54) is 6.07 Å². The SMILES string of the molecule is COCCc1nc2c(F)c(F)ccc2[nH]1. The molecule has 0 saturated heterocycles. The van der Waals surface area contributed by atoms with Gasteiger partial charge in [0.1, 0.15) is 11.3 Å². The summed E-state index contributed by atoms with van der Waals surface area (Å²) in [5.74, 6) is -1.20. The maximum Gasteiger partial charge on any atom is 0.186 e. The molecule has 1 N–H and O–H groups in total. The molecule has 0 fully saturated rings. The summed E-state index contributed by atoms with van der Waals surface area (Å²) < 4.78 is 31.0. The van der Waals surface area contributed by atoms with E-state index in [4.69, 9.17) is 4.74 Å². The zero-order chi connectivity index (χ0) is 10.8. The van der Waals surface area contributed by atoms with Crippen molar-refractivity contribution in [3.05, 3.63) is 29.6 Å². The smallest absolute Gasteiger partial charge is 0.186 e. The highest BCUT2D eigenvalue weighted by Gasteiger charge is 2.11. The largest absolute Gasteiger partial charge is 0.384 e. The van der Waals surface area contributed by atoms with E-state index in [0.717, 1.165) is 6.07 Å². The second kappa shape index (κ2) is 3.94. The average Bonchev–Trinajstić information content (AvgIpc) is 2.64. The van der Waals surface area contributed by atoms with Crippen LogP contribution in [-0.4, -0.2) is 23.7 Å². The molecule has 1 aromatic carbocycles. The van der Waals surface area contributed by atoms with Crippen molar-refractivity contribution in [1.29, 1.82) is 0 Å². The maximum absolute atomic E-state index is 13.2. The van der Waals surface area contributed by atoms with Gasteiger partial charge in [-0.25, -0.2) is 13.8 Å². The molecular weight excluding hydrogens is 202 g/mol. The number of benzene rings is 1. The van der Waals surface area contributed by atoms with Gasteiger partial charge in [-0.2, -0.15) is 0 Å². The van der Waals surface area contributed by atoms with Crippen LogP contribution in [0.4, 0.5) is 8.78 Å². The highest BCUT2D eigenvalue weighted by molar-refractivity contribution is 5.75. The number of hydrogen-bond acceptors (Lipinski definition) is 2. The molecule has 0 unspecified atom stereocenters. The van der Waals surface area contributed by atoms with E-state index in [1.54, 1.807) is 7.11 Å². The lowest BCUT2D eigenvalue weighted by Gasteiger charge is -1.92. The molecule has 2 rings (SSSR count). The van der Waals surface area contributed by atoms with Crippen LogP contribution in [0.15, 0.2) is 12.1 Å². The van der Waals surface area contributed by atoms with Gasteiger partial charge in [-0.3, -0.25) is 0 Å². The lowest BCUT2D eigenvalue weighted by Crippen LogP contribution is -1.95. The summed E-state index contributed by atoms with van der Waals surface area (Å²) in [6.07, 6.45) is 0.548. The Morgan fingerprint density at radius 3 is 2.93 bits per heavy atom. The summed E-state index contributed by atoms with van der Waals surface area (Å²) in [5, 5.41) is 0. The minimum atomic E-state index is -0.910. The van der Waals surface area contributed by atoms with Gasteiger partial charge in [0, 0.05) is 13.5 Å². The second-order valence-corrected chi connectivity index (χ2v) is 3.18. The number of fused-ring (bicyclic) bond motifs is 1. The van der Waals surface area contributed by atoms with E-state index in [9.17, 15) is 8.78 Å². The molecule has 2 aromatic rings. The number of rotatable bonds is 3.